The number of para-hydroxylation sites is 2. The summed E-state index contributed by atoms with van der Waals surface area (Å²) in [5.41, 5.74) is -0.266. The first-order valence-corrected chi connectivity index (χ1v) is 14.1. The molecule has 0 unspecified atom stereocenters. The van der Waals surface area contributed by atoms with Crippen LogP contribution >= 0.6 is 0 Å². The normalized spacial score (nSPS) is 16.7. The van der Waals surface area contributed by atoms with E-state index < -0.39 is 27.6 Å². The first-order valence-electron chi connectivity index (χ1n) is 12.1. The Hall–Kier alpha value is -3.72. The fourth-order valence-corrected chi connectivity index (χ4v) is 5.38. The molecule has 39 heavy (non-hydrogen) atoms. The third-order valence-electron chi connectivity index (χ3n) is 6.36. The Labute approximate surface area is 222 Å². The molecule has 0 saturated carbocycles. The van der Waals surface area contributed by atoms with E-state index in [1.165, 1.54) is 13.0 Å². The van der Waals surface area contributed by atoms with Crippen LogP contribution in [0.4, 0.5) is 24.9 Å². The quantitative estimate of drug-likeness (QED) is 0.376. The van der Waals surface area contributed by atoms with Crippen molar-refractivity contribution >= 4 is 32.6 Å². The molecule has 1 saturated heterocycles. The molecule has 0 aliphatic carbocycles. The number of morpholine rings is 1. The highest BCUT2D eigenvalue weighted by Crippen LogP contribution is 2.40. The van der Waals surface area contributed by atoms with Gasteiger partial charge in [0.1, 0.15) is 11.7 Å². The zero-order chi connectivity index (χ0) is 28.1. The van der Waals surface area contributed by atoms with Crippen LogP contribution in [0, 0.1) is 6.92 Å². The Balaban J connectivity index is 1.81. The Morgan fingerprint density at radius 2 is 1.92 bits per heavy atom. The highest BCUT2D eigenvalue weighted by molar-refractivity contribution is 7.89. The van der Waals surface area contributed by atoms with Crippen molar-refractivity contribution in [2.45, 2.75) is 31.9 Å². The number of alkyl halides is 3. The minimum atomic E-state index is -4.91. The highest BCUT2D eigenvalue weighted by atomic mass is 32.2. The van der Waals surface area contributed by atoms with E-state index in [1.54, 1.807) is 11.6 Å². The lowest BCUT2D eigenvalue weighted by molar-refractivity contribution is -0.143. The maximum absolute atomic E-state index is 14.4. The molecule has 5 rings (SSSR count). The van der Waals surface area contributed by atoms with Crippen LogP contribution in [0.1, 0.15) is 18.3 Å². The second kappa shape index (κ2) is 9.79. The fourth-order valence-electron chi connectivity index (χ4n) is 4.75. The SMILES string of the molecule is CNc1nc2ccccc2n1-c1nc(-c2c(C)nn(CS(C)(=O)=O)c2C(F)(F)F)cc(N2CCOC[C@H]2C)n1. The van der Waals surface area contributed by atoms with Gasteiger partial charge in [0.15, 0.2) is 15.5 Å². The van der Waals surface area contributed by atoms with Gasteiger partial charge in [-0.05, 0) is 26.0 Å². The Kier molecular flexibility index (Phi) is 6.74. The van der Waals surface area contributed by atoms with Crippen LogP contribution in [-0.4, -0.2) is 76.8 Å². The van der Waals surface area contributed by atoms with Crippen molar-refractivity contribution in [3.8, 4) is 17.2 Å². The maximum atomic E-state index is 14.4. The second-order valence-corrected chi connectivity index (χ2v) is 11.5. The van der Waals surface area contributed by atoms with Crippen LogP contribution < -0.4 is 10.2 Å². The average molecular weight is 565 g/mol. The summed E-state index contributed by atoms with van der Waals surface area (Å²) in [4.78, 5) is 15.8. The molecule has 0 spiro atoms. The summed E-state index contributed by atoms with van der Waals surface area (Å²) in [6.07, 6.45) is -4.05. The van der Waals surface area contributed by atoms with E-state index in [0.717, 1.165) is 6.26 Å². The number of fused-ring (bicyclic) bond motifs is 1. The number of hydrogen-bond acceptors (Lipinski definition) is 9. The average Bonchev–Trinajstić information content (AvgIpc) is 3.39. The van der Waals surface area contributed by atoms with Gasteiger partial charge in [-0.1, -0.05) is 12.1 Å². The zero-order valence-corrected chi connectivity index (χ0v) is 22.5. The van der Waals surface area contributed by atoms with E-state index in [-0.39, 0.29) is 28.9 Å². The lowest BCUT2D eigenvalue weighted by atomic mass is 10.1. The highest BCUT2D eigenvalue weighted by Gasteiger charge is 2.41. The number of anilines is 2. The predicted octanol–water partition coefficient (Wildman–Crippen LogP) is 3.28. The van der Waals surface area contributed by atoms with Gasteiger partial charge >= 0.3 is 6.18 Å². The third kappa shape index (κ3) is 5.15. The number of nitrogens with one attached hydrogen (secondary N) is 1. The number of aromatic nitrogens is 6. The number of halogens is 3. The summed E-state index contributed by atoms with van der Waals surface area (Å²) in [5, 5.41) is 6.97. The number of ether oxygens (including phenoxy) is 1. The predicted molar refractivity (Wildman–Crippen MR) is 140 cm³/mol. The lowest BCUT2D eigenvalue weighted by Crippen LogP contribution is -2.44. The summed E-state index contributed by atoms with van der Waals surface area (Å²) >= 11 is 0. The first-order chi connectivity index (χ1) is 18.4. The minimum Gasteiger partial charge on any atom is -0.377 e. The molecule has 1 N–H and O–H groups in total. The number of aryl methyl sites for hydroxylation is 1. The van der Waals surface area contributed by atoms with Gasteiger partial charge in [0.2, 0.25) is 11.9 Å². The molecular formula is C24H27F3N8O3S. The van der Waals surface area contributed by atoms with Crippen molar-refractivity contribution in [1.29, 1.82) is 0 Å². The lowest BCUT2D eigenvalue weighted by Gasteiger charge is -2.34. The van der Waals surface area contributed by atoms with E-state index in [2.05, 4.69) is 20.4 Å². The fraction of sp³-hybridized carbons (Fsp3) is 0.417. The van der Waals surface area contributed by atoms with Crippen molar-refractivity contribution in [2.24, 2.45) is 0 Å². The van der Waals surface area contributed by atoms with Gasteiger partial charge in [-0.25, -0.2) is 27.6 Å². The van der Waals surface area contributed by atoms with Gasteiger partial charge < -0.3 is 15.0 Å². The third-order valence-corrected chi connectivity index (χ3v) is 7.07. The maximum Gasteiger partial charge on any atom is 0.433 e. The van der Waals surface area contributed by atoms with E-state index in [0.29, 0.717) is 47.2 Å². The Bertz CT molecular complexity index is 1650. The molecule has 11 nitrogen and oxygen atoms in total. The van der Waals surface area contributed by atoms with Gasteiger partial charge in [0, 0.05) is 25.9 Å². The smallest absolute Gasteiger partial charge is 0.377 e. The van der Waals surface area contributed by atoms with Crippen LogP contribution in [0.15, 0.2) is 30.3 Å². The van der Waals surface area contributed by atoms with Gasteiger partial charge in [-0.15, -0.1) is 0 Å². The molecule has 1 atom stereocenters. The molecule has 15 heteroatoms. The Morgan fingerprint density at radius 3 is 2.59 bits per heavy atom. The van der Waals surface area contributed by atoms with Crippen LogP contribution in [0.5, 0.6) is 0 Å². The molecule has 0 bridgehead atoms. The standard InChI is InChI=1S/C24H27F3N8O3S/c1-14-12-38-10-9-33(14)19-11-17(20-15(2)32-34(13-39(4,36)37)21(20)24(25,26)27)30-23(31-19)35-18-8-6-5-7-16(18)29-22(35)28-3/h5-8,11,14H,9-10,12-13H2,1-4H3,(H,28,29)/t14-/m1/s1. The number of nitrogens with zero attached hydrogens (tertiary/aromatic N) is 7. The molecule has 1 aliphatic heterocycles. The minimum absolute atomic E-state index is 0.0130. The summed E-state index contributed by atoms with van der Waals surface area (Å²) in [7, 11) is -2.16. The van der Waals surface area contributed by atoms with Crippen LogP contribution in [0.3, 0.4) is 0 Å². The molecule has 3 aromatic heterocycles. The summed E-state index contributed by atoms with van der Waals surface area (Å²) in [6, 6.07) is 8.64. The number of sulfone groups is 1. The van der Waals surface area contributed by atoms with Gasteiger partial charge in [0.25, 0.3) is 0 Å². The van der Waals surface area contributed by atoms with Crippen LogP contribution in [0.2, 0.25) is 0 Å². The summed E-state index contributed by atoms with van der Waals surface area (Å²) in [5.74, 6) is -0.0316. The van der Waals surface area contributed by atoms with Gasteiger partial charge in [-0.3, -0.25) is 0 Å². The molecular weight excluding hydrogens is 537 g/mol. The van der Waals surface area contributed by atoms with Crippen molar-refractivity contribution in [3.05, 3.63) is 41.7 Å². The zero-order valence-electron chi connectivity index (χ0n) is 21.7. The van der Waals surface area contributed by atoms with E-state index in [4.69, 9.17) is 9.72 Å². The van der Waals surface area contributed by atoms with E-state index >= 15 is 0 Å². The Morgan fingerprint density at radius 1 is 1.18 bits per heavy atom. The molecule has 208 valence electrons. The van der Waals surface area contributed by atoms with E-state index in [1.807, 2.05) is 36.1 Å². The first kappa shape index (κ1) is 26.9. The van der Waals surface area contributed by atoms with Gasteiger partial charge in [0.05, 0.1) is 47.2 Å². The molecule has 0 radical (unpaired) electrons. The molecule has 1 fully saturated rings. The number of hydrogen-bond donors (Lipinski definition) is 1. The van der Waals surface area contributed by atoms with Crippen molar-refractivity contribution < 1.29 is 26.3 Å². The summed E-state index contributed by atoms with van der Waals surface area (Å²) < 4.78 is 74.9. The molecule has 4 heterocycles. The largest absolute Gasteiger partial charge is 0.433 e. The van der Waals surface area contributed by atoms with E-state index in [9.17, 15) is 21.6 Å². The van der Waals surface area contributed by atoms with Crippen molar-refractivity contribution in [3.63, 3.8) is 0 Å². The van der Waals surface area contributed by atoms with Crippen molar-refractivity contribution in [2.75, 3.05) is 43.3 Å². The van der Waals surface area contributed by atoms with Gasteiger partial charge in [-0.2, -0.15) is 23.3 Å². The molecule has 1 aliphatic rings. The number of benzene rings is 1. The summed E-state index contributed by atoms with van der Waals surface area (Å²) in [6.45, 7) is 4.65. The topological polar surface area (TPSA) is 120 Å². The number of imidazole rings is 1. The molecule has 4 aromatic rings. The van der Waals surface area contributed by atoms with Crippen molar-refractivity contribution in [1.82, 2.24) is 29.3 Å². The number of rotatable bonds is 6. The van der Waals surface area contributed by atoms with Crippen LogP contribution in [0.25, 0.3) is 28.2 Å². The molecule has 1 aromatic carbocycles. The monoisotopic (exact) mass is 564 g/mol. The second-order valence-electron chi connectivity index (χ2n) is 9.40. The molecule has 0 amide bonds. The van der Waals surface area contributed by atoms with Crippen LogP contribution in [-0.2, 0) is 26.6 Å².